The van der Waals surface area contributed by atoms with Gasteiger partial charge < -0.3 is 4.90 Å². The minimum atomic E-state index is -0.0672. The van der Waals surface area contributed by atoms with E-state index in [4.69, 9.17) is 0 Å². The van der Waals surface area contributed by atoms with E-state index >= 15 is 0 Å². The van der Waals surface area contributed by atoms with Crippen LogP contribution < -0.4 is 5.32 Å². The summed E-state index contributed by atoms with van der Waals surface area (Å²) in [6.45, 7) is 6.29. The highest BCUT2D eigenvalue weighted by atomic mass is 16.2. The highest BCUT2D eigenvalue weighted by molar-refractivity contribution is 5.85. The maximum atomic E-state index is 12.3. The fourth-order valence-electron chi connectivity index (χ4n) is 2.92. The Bertz CT molecular complexity index is 485. The van der Waals surface area contributed by atoms with Crippen molar-refractivity contribution in [3.05, 3.63) is 35.4 Å². The lowest BCUT2D eigenvalue weighted by Gasteiger charge is -2.26. The Kier molecular flexibility index (Phi) is 2.67. The van der Waals surface area contributed by atoms with Gasteiger partial charge in [0.05, 0.1) is 6.04 Å². The van der Waals surface area contributed by atoms with E-state index in [0.717, 1.165) is 6.42 Å². The minimum absolute atomic E-state index is 0.0589. The second-order valence-corrected chi connectivity index (χ2v) is 5.67. The highest BCUT2D eigenvalue weighted by Crippen LogP contribution is 2.42. The molecule has 1 aromatic carbocycles. The number of aryl methyl sites for hydroxylation is 1. The molecular weight excluding hydrogens is 224 g/mol. The number of benzene rings is 1. The summed E-state index contributed by atoms with van der Waals surface area (Å²) < 4.78 is 0. The van der Waals surface area contributed by atoms with E-state index in [1.807, 2.05) is 19.1 Å². The summed E-state index contributed by atoms with van der Waals surface area (Å²) in [5.74, 6) is 0.894. The molecule has 4 atom stereocenters. The Morgan fingerprint density at radius 3 is 2.56 bits per heavy atom. The predicted molar refractivity (Wildman–Crippen MR) is 70.9 cm³/mol. The number of hydrogen-bond donors (Lipinski definition) is 1. The molecule has 1 heterocycles. The Hall–Kier alpha value is -1.35. The van der Waals surface area contributed by atoms with E-state index in [-0.39, 0.29) is 18.1 Å². The van der Waals surface area contributed by atoms with Crippen LogP contribution in [0.5, 0.6) is 0 Å². The zero-order chi connectivity index (χ0) is 12.9. The van der Waals surface area contributed by atoms with E-state index in [2.05, 4.69) is 36.2 Å². The van der Waals surface area contributed by atoms with Crippen LogP contribution in [0.25, 0.3) is 0 Å². The Morgan fingerprint density at radius 1 is 1.28 bits per heavy atom. The van der Waals surface area contributed by atoms with Crippen molar-refractivity contribution in [1.29, 1.82) is 0 Å². The summed E-state index contributed by atoms with van der Waals surface area (Å²) in [6.07, 6.45) is 1.20. The molecule has 1 amide bonds. The van der Waals surface area contributed by atoms with Crippen molar-refractivity contribution < 1.29 is 4.79 Å². The molecule has 0 bridgehead atoms. The summed E-state index contributed by atoms with van der Waals surface area (Å²) in [5.41, 5.74) is 2.48. The molecule has 0 spiro atoms. The molecule has 0 aromatic heterocycles. The van der Waals surface area contributed by atoms with Crippen LogP contribution in [-0.4, -0.2) is 22.9 Å². The van der Waals surface area contributed by atoms with Gasteiger partial charge in [0, 0.05) is 6.04 Å². The summed E-state index contributed by atoms with van der Waals surface area (Å²) in [4.78, 5) is 14.4. The average Bonchev–Trinajstić information content (AvgIpc) is 2.98. The zero-order valence-corrected chi connectivity index (χ0v) is 11.2. The normalized spacial score (nSPS) is 35.1. The summed E-state index contributed by atoms with van der Waals surface area (Å²) in [5, 5.41) is 3.43. The van der Waals surface area contributed by atoms with Gasteiger partial charge in [0.15, 0.2) is 0 Å². The molecule has 3 nitrogen and oxygen atoms in total. The number of nitrogens with zero attached hydrogens (tertiary/aromatic N) is 1. The van der Waals surface area contributed by atoms with Crippen LogP contribution in [0.4, 0.5) is 0 Å². The number of rotatable bonds is 2. The first-order valence-electron chi connectivity index (χ1n) is 6.73. The van der Waals surface area contributed by atoms with Gasteiger partial charge in [-0.2, -0.15) is 0 Å². The summed E-state index contributed by atoms with van der Waals surface area (Å²) >= 11 is 0. The largest absolute Gasteiger partial charge is 0.318 e. The monoisotopic (exact) mass is 244 g/mol. The molecule has 1 aliphatic heterocycles. The van der Waals surface area contributed by atoms with Crippen molar-refractivity contribution in [3.8, 4) is 0 Å². The van der Waals surface area contributed by atoms with E-state index in [1.165, 1.54) is 11.1 Å². The Labute approximate surface area is 108 Å². The van der Waals surface area contributed by atoms with Crippen LogP contribution in [-0.2, 0) is 4.79 Å². The summed E-state index contributed by atoms with van der Waals surface area (Å²) in [7, 11) is 0. The van der Waals surface area contributed by atoms with Crippen molar-refractivity contribution in [2.75, 3.05) is 0 Å². The fraction of sp³-hybridized carbons (Fsp3) is 0.533. The van der Waals surface area contributed by atoms with Crippen molar-refractivity contribution in [2.24, 2.45) is 5.92 Å². The second-order valence-electron chi connectivity index (χ2n) is 5.67. The van der Waals surface area contributed by atoms with Crippen LogP contribution in [0.15, 0.2) is 24.3 Å². The number of nitrogens with one attached hydrogen (secondary N) is 1. The molecule has 2 fully saturated rings. The van der Waals surface area contributed by atoms with Crippen molar-refractivity contribution in [2.45, 2.75) is 45.4 Å². The molecule has 2 aliphatic rings. The molecule has 18 heavy (non-hydrogen) atoms. The molecule has 1 aromatic rings. The quantitative estimate of drug-likeness (QED) is 0.865. The van der Waals surface area contributed by atoms with Crippen LogP contribution >= 0.6 is 0 Å². The standard InChI is InChI=1S/C15H20N2O/c1-9-6-4-5-7-12(9)14-16-11(3)15(18)17(14)13-8-10(13)2/h4-7,10-11,13-14,16H,8H2,1-3H3. The first-order chi connectivity index (χ1) is 8.59. The van der Waals surface area contributed by atoms with Crippen molar-refractivity contribution in [1.82, 2.24) is 10.2 Å². The molecule has 1 aliphatic carbocycles. The fourth-order valence-corrected chi connectivity index (χ4v) is 2.92. The minimum Gasteiger partial charge on any atom is -0.318 e. The van der Waals surface area contributed by atoms with Gasteiger partial charge in [0.2, 0.25) is 5.91 Å². The molecule has 96 valence electrons. The maximum absolute atomic E-state index is 12.3. The van der Waals surface area contributed by atoms with Gasteiger partial charge in [-0.15, -0.1) is 0 Å². The third-order valence-corrected chi connectivity index (χ3v) is 4.22. The first-order valence-corrected chi connectivity index (χ1v) is 6.73. The molecule has 0 radical (unpaired) electrons. The third kappa shape index (κ3) is 1.74. The second kappa shape index (κ2) is 4.09. The van der Waals surface area contributed by atoms with Crippen LogP contribution in [0.2, 0.25) is 0 Å². The van der Waals surface area contributed by atoms with Gasteiger partial charge in [0.1, 0.15) is 6.17 Å². The molecule has 3 rings (SSSR count). The number of hydrogen-bond acceptors (Lipinski definition) is 2. The molecule has 1 saturated heterocycles. The Morgan fingerprint density at radius 2 is 1.94 bits per heavy atom. The molecule has 4 unspecified atom stereocenters. The zero-order valence-electron chi connectivity index (χ0n) is 11.2. The molecule has 1 N–H and O–H groups in total. The first kappa shape index (κ1) is 11.7. The summed E-state index contributed by atoms with van der Waals surface area (Å²) in [6, 6.07) is 8.69. The van der Waals surface area contributed by atoms with Crippen molar-refractivity contribution in [3.63, 3.8) is 0 Å². The maximum Gasteiger partial charge on any atom is 0.241 e. The van der Waals surface area contributed by atoms with Gasteiger partial charge in [-0.1, -0.05) is 31.2 Å². The van der Waals surface area contributed by atoms with E-state index in [9.17, 15) is 4.79 Å². The van der Waals surface area contributed by atoms with Crippen LogP contribution in [0, 0.1) is 12.8 Å². The lowest BCUT2D eigenvalue weighted by molar-refractivity contribution is -0.130. The smallest absolute Gasteiger partial charge is 0.241 e. The molecule has 1 saturated carbocycles. The topological polar surface area (TPSA) is 32.3 Å². The van der Waals surface area contributed by atoms with E-state index in [0.29, 0.717) is 12.0 Å². The number of carbonyl (C=O) groups excluding carboxylic acids is 1. The van der Waals surface area contributed by atoms with Gasteiger partial charge in [-0.05, 0) is 37.3 Å². The van der Waals surface area contributed by atoms with Crippen LogP contribution in [0.1, 0.15) is 37.6 Å². The van der Waals surface area contributed by atoms with Gasteiger partial charge in [-0.3, -0.25) is 10.1 Å². The lowest BCUT2D eigenvalue weighted by Crippen LogP contribution is -2.33. The number of carbonyl (C=O) groups is 1. The predicted octanol–water partition coefficient (Wildman–Crippen LogP) is 2.22. The lowest BCUT2D eigenvalue weighted by atomic mass is 10.1. The Balaban J connectivity index is 1.95. The van der Waals surface area contributed by atoms with E-state index in [1.54, 1.807) is 0 Å². The van der Waals surface area contributed by atoms with E-state index < -0.39 is 0 Å². The molecule has 3 heteroatoms. The average molecular weight is 244 g/mol. The molecular formula is C15H20N2O. The third-order valence-electron chi connectivity index (χ3n) is 4.22. The van der Waals surface area contributed by atoms with Crippen molar-refractivity contribution >= 4 is 5.91 Å². The number of amides is 1. The van der Waals surface area contributed by atoms with Gasteiger partial charge in [0.25, 0.3) is 0 Å². The van der Waals surface area contributed by atoms with Gasteiger partial charge >= 0.3 is 0 Å². The van der Waals surface area contributed by atoms with Crippen LogP contribution in [0.3, 0.4) is 0 Å². The van der Waals surface area contributed by atoms with Gasteiger partial charge in [-0.25, -0.2) is 0 Å². The highest BCUT2D eigenvalue weighted by Gasteiger charge is 2.49. The SMILES string of the molecule is Cc1ccccc1C1NC(C)C(=O)N1C1CC1C.